The van der Waals surface area contributed by atoms with Crippen molar-refractivity contribution in [3.8, 4) is 22.3 Å². The molecule has 0 aromatic rings. The summed E-state index contributed by atoms with van der Waals surface area (Å²) in [5.74, 6) is -6.34. The van der Waals surface area contributed by atoms with Crippen LogP contribution in [-0.2, 0) is 28.7 Å². The van der Waals surface area contributed by atoms with Gasteiger partial charge in [0.15, 0.2) is 0 Å². The molecule has 4 N–H and O–H groups in total. The molecule has 2 heterocycles. The van der Waals surface area contributed by atoms with E-state index >= 15 is 0 Å². The Morgan fingerprint density at radius 2 is 1.00 bits per heavy atom. The molecule has 0 spiro atoms. The molecule has 2 atom stereocenters. The van der Waals surface area contributed by atoms with E-state index in [4.69, 9.17) is 19.7 Å². The minimum absolute atomic E-state index is 0.0909. The molecular weight excluding hydrogens is 628 g/mol. The molecule has 0 saturated heterocycles. The Hall–Kier alpha value is -5.92. The van der Waals surface area contributed by atoms with Gasteiger partial charge in [-0.1, -0.05) is 24.3 Å². The van der Waals surface area contributed by atoms with Gasteiger partial charge < -0.3 is 39.0 Å². The number of hydrogen-bond acceptors (Lipinski definition) is 8. The zero-order valence-corrected chi connectivity index (χ0v) is 26.6. The summed E-state index contributed by atoms with van der Waals surface area (Å²) in [5.41, 5.74) is 4.72. The Labute approximate surface area is 274 Å². The van der Waals surface area contributed by atoms with Crippen LogP contribution in [0.2, 0.25) is 0 Å². The zero-order chi connectivity index (χ0) is 35.4. The van der Waals surface area contributed by atoms with Crippen LogP contribution in [0.1, 0.15) is 80.7 Å². The van der Waals surface area contributed by atoms with Crippen molar-refractivity contribution in [1.82, 2.24) is 9.13 Å². The van der Waals surface area contributed by atoms with Crippen LogP contribution in [-0.4, -0.2) is 79.6 Å². The fraction of sp³-hybridized carbons (Fsp3) is 0.294. The number of aliphatic carboxylic acids is 4. The highest BCUT2D eigenvalue weighted by atomic mass is 16.5. The Morgan fingerprint density at radius 1 is 0.646 bits per heavy atom. The minimum Gasteiger partial charge on any atom is -0.481 e. The maximum Gasteiger partial charge on any atom is 0.339 e. The van der Waals surface area contributed by atoms with E-state index < -0.39 is 60.7 Å². The van der Waals surface area contributed by atoms with Crippen LogP contribution in [0.5, 0.6) is 0 Å². The lowest BCUT2D eigenvalue weighted by Gasteiger charge is -2.20. The molecular formula is C34H34N2O12. The number of methoxy groups -OCH3 is 2. The first-order valence-electron chi connectivity index (χ1n) is 14.7. The molecule has 0 amide bonds. The summed E-state index contributed by atoms with van der Waals surface area (Å²) >= 11 is 0. The predicted molar refractivity (Wildman–Crippen MR) is 170 cm³/mol. The average Bonchev–Trinajstić information content (AvgIpc) is 3.52. The molecule has 14 heteroatoms. The summed E-state index contributed by atoms with van der Waals surface area (Å²) < 4.78 is 12.5. The molecule has 2 unspecified atom stereocenters. The molecule has 0 saturated carbocycles. The Balaban J connectivity index is 1.89. The third-order valence-electron chi connectivity index (χ3n) is 8.15. The van der Waals surface area contributed by atoms with Crippen LogP contribution < -0.4 is 0 Å². The van der Waals surface area contributed by atoms with Crippen LogP contribution in [0.25, 0.3) is 34.4 Å². The van der Waals surface area contributed by atoms with E-state index in [1.54, 1.807) is 38.1 Å². The molecule has 14 nitrogen and oxygen atoms in total. The van der Waals surface area contributed by atoms with E-state index in [1.807, 2.05) is 0 Å². The molecule has 2 aliphatic carbocycles. The van der Waals surface area contributed by atoms with Gasteiger partial charge in [-0.3, -0.25) is 9.59 Å². The smallest absolute Gasteiger partial charge is 0.339 e. The van der Waals surface area contributed by atoms with E-state index in [1.165, 1.54) is 48.1 Å². The minimum atomic E-state index is -1.29. The first-order chi connectivity index (χ1) is 22.7. The summed E-state index contributed by atoms with van der Waals surface area (Å²) in [6, 6.07) is 0.987. The fourth-order valence-corrected chi connectivity index (χ4v) is 5.94. The number of carboxylic acids is 4. The number of ether oxygens (including phenoxy) is 2. The lowest BCUT2D eigenvalue weighted by Crippen LogP contribution is -2.22. The molecule has 0 fully saturated rings. The number of rotatable bonds is 14. The number of carboxylic acid groups (broad SMARTS) is 4. The van der Waals surface area contributed by atoms with Gasteiger partial charge in [0.05, 0.1) is 25.3 Å². The van der Waals surface area contributed by atoms with Crippen LogP contribution >= 0.6 is 0 Å². The zero-order valence-electron chi connectivity index (χ0n) is 26.6. The predicted octanol–water partition coefficient (Wildman–Crippen LogP) is 4.84. The van der Waals surface area contributed by atoms with Crippen molar-refractivity contribution in [2.24, 2.45) is 0 Å². The number of nitrogens with zero attached hydrogens (tertiary/aromatic N) is 2. The highest BCUT2D eigenvalue weighted by molar-refractivity contribution is 6.03. The van der Waals surface area contributed by atoms with E-state index in [0.717, 1.165) is 0 Å². The Morgan fingerprint density at radius 3 is 1.29 bits per heavy atom. The maximum atomic E-state index is 12.8. The summed E-state index contributed by atoms with van der Waals surface area (Å²) in [6.07, 6.45) is 7.86. The third kappa shape index (κ3) is 7.07. The van der Waals surface area contributed by atoms with E-state index in [0.29, 0.717) is 44.5 Å². The summed E-state index contributed by atoms with van der Waals surface area (Å²) in [5, 5.41) is 38.2. The first kappa shape index (κ1) is 34.9. The number of fused-ring (bicyclic) bond motifs is 2. The van der Waals surface area contributed by atoms with Gasteiger partial charge in [0.25, 0.3) is 0 Å². The van der Waals surface area contributed by atoms with Gasteiger partial charge in [0, 0.05) is 59.9 Å². The highest BCUT2D eigenvalue weighted by Gasteiger charge is 2.29. The van der Waals surface area contributed by atoms with Gasteiger partial charge in [-0.15, -0.1) is 0 Å². The summed E-state index contributed by atoms with van der Waals surface area (Å²) in [6.45, 7) is 3.54. The van der Waals surface area contributed by atoms with Crippen molar-refractivity contribution in [3.63, 3.8) is 0 Å². The number of aryl methyl sites for hydroxylation is 2. The second-order valence-electron chi connectivity index (χ2n) is 11.3. The van der Waals surface area contributed by atoms with Crippen molar-refractivity contribution >= 4 is 48.0 Å². The van der Waals surface area contributed by atoms with Crippen molar-refractivity contribution in [3.05, 3.63) is 70.3 Å². The van der Waals surface area contributed by atoms with Crippen molar-refractivity contribution in [2.45, 2.75) is 51.6 Å². The number of pyridine rings is 2. The van der Waals surface area contributed by atoms with E-state index in [2.05, 4.69) is 0 Å². The van der Waals surface area contributed by atoms with Crippen LogP contribution in [0, 0.1) is 13.8 Å². The number of carbonyl (C=O) groups excluding carboxylic acids is 2. The standard InChI is InChI=1S/C34H34N2O12/c1-17-11-19(21-13-35(15-23(29(17)21)33(45)47-3)25(31(41)42)7-9-27(37)38)5-6-20-12-18(2)30-22(20)14-36(16-24(30)34(46)48-4)26(32(43)44)8-10-28(39)40/h5-6,11-16,25-26H,7-10H2,1-4H3,(H,37,38)(H,39,40)(H,41,42)(H,43,44)/b6-5-. The van der Waals surface area contributed by atoms with Crippen LogP contribution in [0.15, 0.2) is 36.9 Å². The topological polar surface area (TPSA) is 212 Å². The first-order valence-corrected chi connectivity index (χ1v) is 14.7. The molecule has 0 aromatic carbocycles. The Bertz CT molecular complexity index is 1760. The number of carbonyl (C=O) groups is 6. The quantitative estimate of drug-likeness (QED) is 0.134. The highest BCUT2D eigenvalue weighted by Crippen LogP contribution is 2.40. The average molecular weight is 663 g/mol. The van der Waals surface area contributed by atoms with Gasteiger partial charge in [0.2, 0.25) is 0 Å². The number of aromatic nitrogens is 2. The molecule has 0 aromatic heterocycles. The number of hydrogen-bond donors (Lipinski definition) is 4. The van der Waals surface area contributed by atoms with Crippen LogP contribution in [0.3, 0.4) is 0 Å². The fourth-order valence-electron chi connectivity index (χ4n) is 5.94. The van der Waals surface area contributed by atoms with Gasteiger partial charge in [-0.25, -0.2) is 19.2 Å². The van der Waals surface area contributed by atoms with E-state index in [9.17, 15) is 39.0 Å². The second kappa shape index (κ2) is 14.2. The molecule has 0 radical (unpaired) electrons. The molecule has 48 heavy (non-hydrogen) atoms. The van der Waals surface area contributed by atoms with Crippen molar-refractivity contribution in [2.75, 3.05) is 14.2 Å². The second-order valence-corrected chi connectivity index (χ2v) is 11.3. The summed E-state index contributed by atoms with van der Waals surface area (Å²) in [7, 11) is 2.38. The van der Waals surface area contributed by atoms with Crippen molar-refractivity contribution in [1.29, 1.82) is 0 Å². The molecule has 4 aliphatic rings. The molecule has 2 aliphatic heterocycles. The van der Waals surface area contributed by atoms with Crippen molar-refractivity contribution < 1.29 is 58.7 Å². The van der Waals surface area contributed by atoms with Gasteiger partial charge in [-0.2, -0.15) is 0 Å². The SMILES string of the molecule is COC(=O)c1cn(C(CCC(=O)O)C(=O)O)cc2c(/C=C\c3cc(C)c4c(C(=O)OC)cn(C(CCC(=O)O)C(=O)O)cc3-4)cc(C)c1-2. The van der Waals surface area contributed by atoms with E-state index in [-0.39, 0.29) is 24.0 Å². The lowest BCUT2D eigenvalue weighted by atomic mass is 9.98. The maximum absolute atomic E-state index is 12.8. The normalized spacial score (nSPS) is 12.7. The molecule has 0 bridgehead atoms. The third-order valence-corrected chi connectivity index (χ3v) is 8.15. The number of esters is 2. The molecule has 252 valence electrons. The molecule has 4 rings (SSSR count). The van der Waals surface area contributed by atoms with Crippen LogP contribution in [0.4, 0.5) is 0 Å². The lowest BCUT2D eigenvalue weighted by molar-refractivity contribution is -0.144. The van der Waals surface area contributed by atoms with Gasteiger partial charge in [0.1, 0.15) is 12.1 Å². The largest absolute Gasteiger partial charge is 0.481 e. The van der Waals surface area contributed by atoms with Gasteiger partial charge in [-0.05, 0) is 48.9 Å². The summed E-state index contributed by atoms with van der Waals surface area (Å²) in [4.78, 5) is 72.5. The Kier molecular flexibility index (Phi) is 10.4. The monoisotopic (exact) mass is 662 g/mol. The van der Waals surface area contributed by atoms with Gasteiger partial charge >= 0.3 is 35.8 Å².